The minimum atomic E-state index is -0.894. The van der Waals surface area contributed by atoms with E-state index in [1.165, 1.54) is 12.1 Å². The first-order valence-corrected chi connectivity index (χ1v) is 7.00. The molecular formula is C15H20FNO4. The molecule has 6 heteroatoms. The predicted molar refractivity (Wildman–Crippen MR) is 74.6 cm³/mol. The monoisotopic (exact) mass is 297 g/mol. The van der Waals surface area contributed by atoms with E-state index in [1.807, 2.05) is 18.7 Å². The Kier molecular flexibility index (Phi) is 4.80. The summed E-state index contributed by atoms with van der Waals surface area (Å²) < 4.78 is 19.3. The number of carbonyl (C=O) groups is 1. The summed E-state index contributed by atoms with van der Waals surface area (Å²) in [4.78, 5) is 13.2. The number of phenols is 1. The molecule has 0 spiro atoms. The van der Waals surface area contributed by atoms with Crippen molar-refractivity contribution in [1.29, 1.82) is 0 Å². The van der Waals surface area contributed by atoms with Crippen LogP contribution in [0.15, 0.2) is 18.2 Å². The zero-order valence-corrected chi connectivity index (χ0v) is 12.1. The molecule has 0 aliphatic carbocycles. The van der Waals surface area contributed by atoms with Crippen molar-refractivity contribution < 1.29 is 24.1 Å². The fourth-order valence-electron chi connectivity index (χ4n) is 2.93. The van der Waals surface area contributed by atoms with E-state index in [4.69, 9.17) is 4.74 Å². The largest absolute Gasteiger partial charge is 0.508 e. The number of ether oxygens (including phenoxy) is 1. The summed E-state index contributed by atoms with van der Waals surface area (Å²) in [6.07, 6.45) is 0. The van der Waals surface area contributed by atoms with E-state index in [9.17, 15) is 19.4 Å². The lowest BCUT2D eigenvalue weighted by Gasteiger charge is -2.35. The Hall–Kier alpha value is -1.66. The first-order chi connectivity index (χ1) is 9.95. The van der Waals surface area contributed by atoms with Gasteiger partial charge in [-0.2, -0.15) is 0 Å². The summed E-state index contributed by atoms with van der Waals surface area (Å²) in [6, 6.07) is 3.45. The van der Waals surface area contributed by atoms with Crippen molar-refractivity contribution in [3.05, 3.63) is 29.6 Å². The molecule has 1 aliphatic rings. The van der Waals surface area contributed by atoms with Gasteiger partial charge in [0.25, 0.3) is 0 Å². The molecule has 2 rings (SSSR count). The van der Waals surface area contributed by atoms with E-state index in [-0.39, 0.29) is 24.4 Å². The maximum Gasteiger partial charge on any atom is 0.310 e. The second-order valence-corrected chi connectivity index (χ2v) is 5.26. The number of carboxylic acid groups (broad SMARTS) is 1. The summed E-state index contributed by atoms with van der Waals surface area (Å²) in [5.74, 6) is -2.12. The Balaban J connectivity index is 2.26. The Bertz CT molecular complexity index is 522. The normalized spacial score (nSPS) is 23.4. The number of nitrogens with zero attached hydrogens (tertiary/aromatic N) is 1. The van der Waals surface area contributed by atoms with Crippen molar-refractivity contribution in [3.63, 3.8) is 0 Å². The average molecular weight is 297 g/mol. The third-order valence-electron chi connectivity index (χ3n) is 4.09. The number of phenolic OH excluding ortho intramolecular Hbond substituents is 1. The molecule has 116 valence electrons. The van der Waals surface area contributed by atoms with Crippen molar-refractivity contribution in [1.82, 2.24) is 4.90 Å². The predicted octanol–water partition coefficient (Wildman–Crippen LogP) is 2.01. The van der Waals surface area contributed by atoms with Crippen LogP contribution in [0.2, 0.25) is 0 Å². The lowest BCUT2D eigenvalue weighted by atomic mass is 9.98. The fourth-order valence-corrected chi connectivity index (χ4v) is 2.93. The molecule has 1 fully saturated rings. The standard InChI is InChI=1S/C15H20FNO4/c1-3-17(14-8-21-7-12(14)15(19)20)9(2)11-5-4-10(18)6-13(11)16/h4-6,9,12,14,18H,3,7-8H2,1-2H3,(H,19,20). The van der Waals surface area contributed by atoms with Crippen LogP contribution in [0.3, 0.4) is 0 Å². The maximum absolute atomic E-state index is 14.0. The molecule has 1 aromatic rings. The van der Waals surface area contributed by atoms with Crippen LogP contribution in [0.1, 0.15) is 25.5 Å². The van der Waals surface area contributed by atoms with Gasteiger partial charge in [0.05, 0.1) is 19.1 Å². The first kappa shape index (κ1) is 15.7. The van der Waals surface area contributed by atoms with Gasteiger partial charge >= 0.3 is 5.97 Å². The smallest absolute Gasteiger partial charge is 0.310 e. The van der Waals surface area contributed by atoms with Crippen LogP contribution in [0.4, 0.5) is 4.39 Å². The molecular weight excluding hydrogens is 277 g/mol. The van der Waals surface area contributed by atoms with Crippen LogP contribution < -0.4 is 0 Å². The van der Waals surface area contributed by atoms with Crippen LogP contribution in [-0.4, -0.2) is 46.9 Å². The van der Waals surface area contributed by atoms with Gasteiger partial charge in [-0.25, -0.2) is 4.39 Å². The highest BCUT2D eigenvalue weighted by Gasteiger charge is 2.39. The highest BCUT2D eigenvalue weighted by molar-refractivity contribution is 5.71. The molecule has 0 amide bonds. The molecule has 0 aromatic heterocycles. The van der Waals surface area contributed by atoms with Crippen LogP contribution in [0.25, 0.3) is 0 Å². The second kappa shape index (κ2) is 6.41. The molecule has 1 saturated heterocycles. The molecule has 5 nitrogen and oxygen atoms in total. The summed E-state index contributed by atoms with van der Waals surface area (Å²) in [5, 5.41) is 18.5. The number of hydrogen-bond donors (Lipinski definition) is 2. The van der Waals surface area contributed by atoms with Crippen LogP contribution >= 0.6 is 0 Å². The highest BCUT2D eigenvalue weighted by atomic mass is 19.1. The Morgan fingerprint density at radius 1 is 1.52 bits per heavy atom. The SMILES string of the molecule is CCN(C(C)c1ccc(O)cc1F)C1COCC1C(=O)O. The summed E-state index contributed by atoms with van der Waals surface area (Å²) in [5.41, 5.74) is 0.436. The van der Waals surface area contributed by atoms with Gasteiger partial charge in [-0.05, 0) is 19.5 Å². The van der Waals surface area contributed by atoms with Crippen molar-refractivity contribution >= 4 is 5.97 Å². The first-order valence-electron chi connectivity index (χ1n) is 7.00. The lowest BCUT2D eigenvalue weighted by Crippen LogP contribution is -2.44. The molecule has 3 unspecified atom stereocenters. The number of hydrogen-bond acceptors (Lipinski definition) is 4. The van der Waals surface area contributed by atoms with Gasteiger partial charge in [-0.3, -0.25) is 9.69 Å². The summed E-state index contributed by atoms with van der Waals surface area (Å²) in [6.45, 7) is 4.83. The fraction of sp³-hybridized carbons (Fsp3) is 0.533. The van der Waals surface area contributed by atoms with Crippen molar-refractivity contribution in [2.24, 2.45) is 5.92 Å². The molecule has 21 heavy (non-hydrogen) atoms. The minimum absolute atomic E-state index is 0.126. The Morgan fingerprint density at radius 2 is 2.24 bits per heavy atom. The van der Waals surface area contributed by atoms with Crippen LogP contribution in [-0.2, 0) is 9.53 Å². The molecule has 3 atom stereocenters. The van der Waals surface area contributed by atoms with Gasteiger partial charge in [-0.1, -0.05) is 13.0 Å². The lowest BCUT2D eigenvalue weighted by molar-refractivity contribution is -0.143. The van der Waals surface area contributed by atoms with Gasteiger partial charge in [0, 0.05) is 23.7 Å². The number of rotatable bonds is 5. The minimum Gasteiger partial charge on any atom is -0.508 e. The highest BCUT2D eigenvalue weighted by Crippen LogP contribution is 2.31. The van der Waals surface area contributed by atoms with E-state index < -0.39 is 17.7 Å². The topological polar surface area (TPSA) is 70.0 Å². The number of likely N-dealkylation sites (N-methyl/N-ethyl adjacent to an activating group) is 1. The molecule has 1 aromatic carbocycles. The van der Waals surface area contributed by atoms with Gasteiger partial charge in [0.1, 0.15) is 11.6 Å². The number of carboxylic acids is 1. The number of aliphatic carboxylic acids is 1. The van der Waals surface area contributed by atoms with E-state index in [0.717, 1.165) is 6.07 Å². The van der Waals surface area contributed by atoms with E-state index in [2.05, 4.69) is 0 Å². The number of aromatic hydroxyl groups is 1. The van der Waals surface area contributed by atoms with E-state index >= 15 is 0 Å². The Morgan fingerprint density at radius 3 is 2.81 bits per heavy atom. The Labute approximate surface area is 122 Å². The van der Waals surface area contributed by atoms with Crippen LogP contribution in [0, 0.1) is 11.7 Å². The number of benzene rings is 1. The molecule has 1 heterocycles. The third kappa shape index (κ3) is 3.16. The third-order valence-corrected chi connectivity index (χ3v) is 4.09. The average Bonchev–Trinajstić information content (AvgIpc) is 2.88. The zero-order chi connectivity index (χ0) is 15.6. The van der Waals surface area contributed by atoms with Gasteiger partial charge in [0.15, 0.2) is 0 Å². The van der Waals surface area contributed by atoms with Crippen molar-refractivity contribution in [3.8, 4) is 5.75 Å². The number of halogens is 1. The second-order valence-electron chi connectivity index (χ2n) is 5.26. The van der Waals surface area contributed by atoms with Gasteiger partial charge in [0.2, 0.25) is 0 Å². The quantitative estimate of drug-likeness (QED) is 0.870. The summed E-state index contributed by atoms with van der Waals surface area (Å²) >= 11 is 0. The van der Waals surface area contributed by atoms with Gasteiger partial charge < -0.3 is 14.9 Å². The van der Waals surface area contributed by atoms with Crippen LogP contribution in [0.5, 0.6) is 5.75 Å². The van der Waals surface area contributed by atoms with E-state index in [0.29, 0.717) is 18.7 Å². The van der Waals surface area contributed by atoms with Crippen molar-refractivity contribution in [2.75, 3.05) is 19.8 Å². The molecule has 1 aliphatic heterocycles. The summed E-state index contributed by atoms with van der Waals surface area (Å²) in [7, 11) is 0. The molecule has 0 bridgehead atoms. The zero-order valence-electron chi connectivity index (χ0n) is 12.1. The van der Waals surface area contributed by atoms with E-state index in [1.54, 1.807) is 0 Å². The maximum atomic E-state index is 14.0. The van der Waals surface area contributed by atoms with Crippen molar-refractivity contribution in [2.45, 2.75) is 25.9 Å². The van der Waals surface area contributed by atoms with Gasteiger partial charge in [-0.15, -0.1) is 0 Å². The molecule has 0 radical (unpaired) electrons. The molecule has 0 saturated carbocycles. The molecule has 2 N–H and O–H groups in total.